The average molecular weight is 457 g/mol. The Kier molecular flexibility index (Phi) is 5.62. The summed E-state index contributed by atoms with van der Waals surface area (Å²) in [5.74, 6) is 0.784. The van der Waals surface area contributed by atoms with Crippen LogP contribution in [0.25, 0.3) is 28.0 Å². The van der Waals surface area contributed by atoms with Crippen molar-refractivity contribution >= 4 is 11.2 Å². The Balaban J connectivity index is 1.54. The number of H-pyrrole nitrogens is 1. The van der Waals surface area contributed by atoms with Crippen molar-refractivity contribution in [1.29, 1.82) is 0 Å². The van der Waals surface area contributed by atoms with Crippen molar-refractivity contribution in [2.45, 2.75) is 39.8 Å². The minimum absolute atomic E-state index is 0.299. The third-order valence-corrected chi connectivity index (χ3v) is 5.86. The fraction of sp³-hybridized carbons (Fsp3) is 0.250. The smallest absolute Gasteiger partial charge is 0.318 e. The molecule has 0 spiro atoms. The zero-order valence-electron chi connectivity index (χ0n) is 19.0. The van der Waals surface area contributed by atoms with E-state index in [0.717, 1.165) is 34.6 Å². The van der Waals surface area contributed by atoms with Crippen LogP contribution in [0.4, 0.5) is 0 Å². The first-order valence-corrected chi connectivity index (χ1v) is 11.2. The molecule has 3 aromatic heterocycles. The fourth-order valence-electron chi connectivity index (χ4n) is 4.23. The molecule has 10 nitrogen and oxygen atoms in total. The minimum atomic E-state index is -0.432. The second-order valence-corrected chi connectivity index (χ2v) is 8.01. The number of tetrazole rings is 1. The highest BCUT2D eigenvalue weighted by Gasteiger charge is 2.17. The number of aromatic amines is 1. The van der Waals surface area contributed by atoms with Crippen LogP contribution in [0.3, 0.4) is 0 Å². The lowest BCUT2D eigenvalue weighted by atomic mass is 10.0. The monoisotopic (exact) mass is 456 g/mol. The normalized spacial score (nSPS) is 11.4. The lowest BCUT2D eigenvalue weighted by molar-refractivity contribution is 0.672. The molecule has 1 N–H and O–H groups in total. The van der Waals surface area contributed by atoms with Crippen molar-refractivity contribution in [3.05, 3.63) is 87.1 Å². The molecule has 0 aliphatic carbocycles. The average Bonchev–Trinajstić information content (AvgIpc) is 3.49. The van der Waals surface area contributed by atoms with Crippen LogP contribution >= 0.6 is 0 Å². The molecule has 5 rings (SSSR count). The maximum absolute atomic E-state index is 13.1. The summed E-state index contributed by atoms with van der Waals surface area (Å²) in [7, 11) is 0. The van der Waals surface area contributed by atoms with Gasteiger partial charge in [0, 0.05) is 25.1 Å². The molecule has 3 heterocycles. The van der Waals surface area contributed by atoms with Gasteiger partial charge in [-0.1, -0.05) is 49.4 Å². The number of nitrogens with one attached hydrogen (secondary N) is 1. The quantitative estimate of drug-likeness (QED) is 0.402. The van der Waals surface area contributed by atoms with E-state index < -0.39 is 5.69 Å². The maximum atomic E-state index is 13.1. The summed E-state index contributed by atoms with van der Waals surface area (Å²) < 4.78 is 4.76. The standard InChI is InChI=1S/C24H24N8O2/c1-3-7-20-26-22-21(23(33)30(4-2)24(34)27-22)31(20)14-16-10-12-17(13-11-16)18-8-5-6-9-19(18)32-15-25-28-29-32/h5-6,8-13,15H,3-4,7,14H2,1-2H3,(H,27,34). The molecule has 0 atom stereocenters. The summed E-state index contributed by atoms with van der Waals surface area (Å²) in [6.45, 7) is 4.62. The van der Waals surface area contributed by atoms with Crippen molar-refractivity contribution in [1.82, 2.24) is 39.3 Å². The number of rotatable bonds is 7. The number of benzene rings is 2. The molecule has 172 valence electrons. The lowest BCUT2D eigenvalue weighted by Gasteiger charge is -2.12. The molecule has 0 unspecified atom stereocenters. The van der Waals surface area contributed by atoms with E-state index in [-0.39, 0.29) is 5.56 Å². The summed E-state index contributed by atoms with van der Waals surface area (Å²) in [5.41, 5.74) is 3.96. The van der Waals surface area contributed by atoms with Crippen LogP contribution in [0.1, 0.15) is 31.7 Å². The number of para-hydroxylation sites is 1. The molecule has 0 aliphatic rings. The van der Waals surface area contributed by atoms with Crippen molar-refractivity contribution < 1.29 is 0 Å². The van der Waals surface area contributed by atoms with Gasteiger partial charge >= 0.3 is 5.69 Å². The minimum Gasteiger partial charge on any atom is -0.318 e. The van der Waals surface area contributed by atoms with E-state index in [4.69, 9.17) is 0 Å². The number of fused-ring (bicyclic) bond motifs is 1. The molecule has 0 aliphatic heterocycles. The highest BCUT2D eigenvalue weighted by atomic mass is 16.2. The largest absolute Gasteiger partial charge is 0.330 e. The van der Waals surface area contributed by atoms with Gasteiger partial charge < -0.3 is 4.57 Å². The van der Waals surface area contributed by atoms with E-state index in [1.807, 2.05) is 53.1 Å². The predicted molar refractivity (Wildman–Crippen MR) is 128 cm³/mol. The molecule has 0 saturated heterocycles. The van der Waals surface area contributed by atoms with E-state index in [0.29, 0.717) is 30.7 Å². The van der Waals surface area contributed by atoms with Crippen LogP contribution in [0.5, 0.6) is 0 Å². The van der Waals surface area contributed by atoms with Crippen LogP contribution in [0, 0.1) is 0 Å². The SMILES string of the molecule is CCCc1nc2[nH]c(=O)n(CC)c(=O)c2n1Cc1ccc(-c2ccccc2-n2cnnn2)cc1. The summed E-state index contributed by atoms with van der Waals surface area (Å²) >= 11 is 0. The molecule has 5 aromatic rings. The fourth-order valence-corrected chi connectivity index (χ4v) is 4.23. The Morgan fingerprint density at radius 1 is 0.971 bits per heavy atom. The topological polar surface area (TPSA) is 116 Å². The molecule has 0 amide bonds. The van der Waals surface area contributed by atoms with Gasteiger partial charge in [-0.15, -0.1) is 5.10 Å². The second kappa shape index (κ2) is 8.89. The van der Waals surface area contributed by atoms with E-state index in [1.54, 1.807) is 17.9 Å². The van der Waals surface area contributed by atoms with E-state index in [2.05, 4.69) is 32.4 Å². The number of hydrogen-bond donors (Lipinski definition) is 1. The van der Waals surface area contributed by atoms with Crippen molar-refractivity contribution in [3.63, 3.8) is 0 Å². The van der Waals surface area contributed by atoms with Crippen LogP contribution < -0.4 is 11.2 Å². The first-order valence-electron chi connectivity index (χ1n) is 11.2. The van der Waals surface area contributed by atoms with Gasteiger partial charge in [0.15, 0.2) is 11.2 Å². The van der Waals surface area contributed by atoms with Gasteiger partial charge in [-0.2, -0.15) is 4.68 Å². The number of hydrogen-bond acceptors (Lipinski definition) is 6. The van der Waals surface area contributed by atoms with Crippen molar-refractivity contribution in [2.24, 2.45) is 0 Å². The van der Waals surface area contributed by atoms with Gasteiger partial charge in [0.05, 0.1) is 5.69 Å². The highest BCUT2D eigenvalue weighted by molar-refractivity contribution is 5.73. The molecule has 0 saturated carbocycles. The Labute approximate surface area is 194 Å². The summed E-state index contributed by atoms with van der Waals surface area (Å²) in [6.07, 6.45) is 3.15. The number of aromatic nitrogens is 8. The Bertz CT molecular complexity index is 1560. The Morgan fingerprint density at radius 2 is 1.76 bits per heavy atom. The maximum Gasteiger partial charge on any atom is 0.330 e. The van der Waals surface area contributed by atoms with Crippen LogP contribution in [-0.2, 0) is 19.5 Å². The van der Waals surface area contributed by atoms with Crippen LogP contribution in [-0.4, -0.2) is 39.3 Å². The van der Waals surface area contributed by atoms with E-state index in [1.165, 1.54) is 4.57 Å². The molecular formula is C24H24N8O2. The zero-order valence-corrected chi connectivity index (χ0v) is 19.0. The molecule has 10 heteroatoms. The van der Waals surface area contributed by atoms with Crippen LogP contribution in [0.2, 0.25) is 0 Å². The third kappa shape index (κ3) is 3.72. The lowest BCUT2D eigenvalue weighted by Crippen LogP contribution is -2.35. The first kappa shape index (κ1) is 21.5. The van der Waals surface area contributed by atoms with Gasteiger partial charge in [0.1, 0.15) is 12.2 Å². The number of nitrogens with zero attached hydrogens (tertiary/aromatic N) is 7. The Hall–Kier alpha value is -4.34. The molecule has 2 aromatic carbocycles. The highest BCUT2D eigenvalue weighted by Crippen LogP contribution is 2.26. The van der Waals surface area contributed by atoms with Crippen molar-refractivity contribution in [2.75, 3.05) is 0 Å². The molecule has 34 heavy (non-hydrogen) atoms. The zero-order chi connectivity index (χ0) is 23.7. The third-order valence-electron chi connectivity index (χ3n) is 5.86. The summed E-state index contributed by atoms with van der Waals surface area (Å²) in [6, 6.07) is 16.1. The van der Waals surface area contributed by atoms with Crippen molar-refractivity contribution in [3.8, 4) is 16.8 Å². The summed E-state index contributed by atoms with van der Waals surface area (Å²) in [4.78, 5) is 32.6. The van der Waals surface area contributed by atoms with Crippen LogP contribution in [0.15, 0.2) is 64.4 Å². The van der Waals surface area contributed by atoms with Gasteiger partial charge in [-0.05, 0) is 41.0 Å². The first-order chi connectivity index (χ1) is 16.6. The second-order valence-electron chi connectivity index (χ2n) is 8.01. The van der Waals surface area contributed by atoms with Gasteiger partial charge in [0.2, 0.25) is 0 Å². The number of aryl methyl sites for hydroxylation is 1. The summed E-state index contributed by atoms with van der Waals surface area (Å²) in [5, 5.41) is 11.5. The molecular weight excluding hydrogens is 432 g/mol. The number of imidazole rings is 1. The van der Waals surface area contributed by atoms with E-state index in [9.17, 15) is 9.59 Å². The van der Waals surface area contributed by atoms with Gasteiger partial charge in [-0.3, -0.25) is 14.3 Å². The predicted octanol–water partition coefficient (Wildman–Crippen LogP) is 2.55. The molecule has 0 bridgehead atoms. The van der Waals surface area contributed by atoms with E-state index >= 15 is 0 Å². The van der Waals surface area contributed by atoms with Gasteiger partial charge in [-0.25, -0.2) is 9.78 Å². The van der Waals surface area contributed by atoms with Gasteiger partial charge in [0.25, 0.3) is 5.56 Å². The molecule has 0 radical (unpaired) electrons. The molecule has 0 fully saturated rings. The Morgan fingerprint density at radius 3 is 2.47 bits per heavy atom.